The Bertz CT molecular complexity index is 1170. The van der Waals surface area contributed by atoms with E-state index in [0.717, 1.165) is 70.4 Å². The number of nitrogens with zero attached hydrogens (tertiary/aromatic N) is 2. The molecule has 2 aliphatic rings. The van der Waals surface area contributed by atoms with Crippen molar-refractivity contribution in [1.82, 2.24) is 15.1 Å². The zero-order chi connectivity index (χ0) is 26.3. The van der Waals surface area contributed by atoms with E-state index in [1.807, 2.05) is 12.1 Å². The van der Waals surface area contributed by atoms with Crippen LogP contribution in [0.15, 0.2) is 52.3 Å². The normalized spacial score (nSPS) is 17.0. The Hall–Kier alpha value is -2.62. The minimum atomic E-state index is -3.67. The lowest BCUT2D eigenvalue weighted by atomic mass is 10.1. The fourth-order valence-corrected chi connectivity index (χ4v) is 6.39. The van der Waals surface area contributed by atoms with Crippen molar-refractivity contribution in [3.8, 4) is 11.5 Å². The van der Waals surface area contributed by atoms with Crippen LogP contribution in [0.3, 0.4) is 0 Å². The average molecular weight is 530 g/mol. The SMILES string of the molecule is CCCN(CCCCN1CCCNC(=O)C1)C(C)Cc1cccc(S(=O)(=O)c2ccc3c(c2)OCO3)c1. The maximum Gasteiger partial charge on any atom is 0.234 e. The summed E-state index contributed by atoms with van der Waals surface area (Å²) in [6, 6.07) is 12.3. The lowest BCUT2D eigenvalue weighted by molar-refractivity contribution is -0.121. The molecule has 0 saturated carbocycles. The maximum atomic E-state index is 13.3. The zero-order valence-corrected chi connectivity index (χ0v) is 22.8. The summed E-state index contributed by atoms with van der Waals surface area (Å²) in [4.78, 5) is 17.0. The van der Waals surface area contributed by atoms with Gasteiger partial charge in [-0.25, -0.2) is 8.42 Å². The number of ether oxygens (including phenoxy) is 2. The van der Waals surface area contributed by atoms with Gasteiger partial charge >= 0.3 is 0 Å². The maximum absolute atomic E-state index is 13.3. The molecule has 2 aromatic rings. The molecule has 1 fully saturated rings. The van der Waals surface area contributed by atoms with Crippen molar-refractivity contribution < 1.29 is 22.7 Å². The van der Waals surface area contributed by atoms with Gasteiger partial charge in [0.1, 0.15) is 0 Å². The number of sulfone groups is 1. The molecule has 8 nitrogen and oxygen atoms in total. The fraction of sp³-hybridized carbons (Fsp3) is 0.536. The first-order chi connectivity index (χ1) is 17.9. The number of carbonyl (C=O) groups excluding carboxylic acids is 1. The van der Waals surface area contributed by atoms with Crippen molar-refractivity contribution in [3.05, 3.63) is 48.0 Å². The number of nitrogens with one attached hydrogen (secondary N) is 1. The molecule has 0 spiro atoms. The lowest BCUT2D eigenvalue weighted by Gasteiger charge is -2.29. The van der Waals surface area contributed by atoms with Crippen molar-refractivity contribution in [2.45, 2.75) is 61.8 Å². The number of hydrogen-bond donors (Lipinski definition) is 1. The molecule has 1 unspecified atom stereocenters. The van der Waals surface area contributed by atoms with Crippen LogP contribution >= 0.6 is 0 Å². The molecule has 0 aliphatic carbocycles. The molecule has 2 aliphatic heterocycles. The highest BCUT2D eigenvalue weighted by molar-refractivity contribution is 7.91. The average Bonchev–Trinajstić information content (AvgIpc) is 3.26. The highest BCUT2D eigenvalue weighted by Crippen LogP contribution is 2.35. The third-order valence-electron chi connectivity index (χ3n) is 7.04. The third kappa shape index (κ3) is 7.24. The van der Waals surface area contributed by atoms with E-state index in [1.54, 1.807) is 24.3 Å². The largest absolute Gasteiger partial charge is 0.454 e. The zero-order valence-electron chi connectivity index (χ0n) is 21.9. The standard InChI is InChI=1S/C28H39N3O5S/c1-3-13-31(16-5-4-14-30-15-7-12-29-28(32)20-30)22(2)17-23-8-6-9-24(18-23)37(33,34)25-10-11-26-27(19-25)36-21-35-26/h6,8-11,18-19,22H,3-5,7,12-17,20-21H2,1-2H3,(H,29,32). The molecule has 2 aromatic carbocycles. The van der Waals surface area contributed by atoms with Crippen molar-refractivity contribution in [3.63, 3.8) is 0 Å². The highest BCUT2D eigenvalue weighted by Gasteiger charge is 2.23. The molecule has 1 atom stereocenters. The van der Waals surface area contributed by atoms with Crippen LogP contribution in [-0.4, -0.2) is 76.2 Å². The van der Waals surface area contributed by atoms with Crippen molar-refractivity contribution in [2.75, 3.05) is 46.1 Å². The Kier molecular flexibility index (Phi) is 9.45. The first-order valence-corrected chi connectivity index (χ1v) is 14.8. The van der Waals surface area contributed by atoms with Crippen molar-refractivity contribution in [2.24, 2.45) is 0 Å². The van der Waals surface area contributed by atoms with Gasteiger partial charge in [-0.1, -0.05) is 19.1 Å². The van der Waals surface area contributed by atoms with E-state index >= 15 is 0 Å². The number of fused-ring (bicyclic) bond motifs is 1. The van der Waals surface area contributed by atoms with Crippen LogP contribution in [0.2, 0.25) is 0 Å². The second-order valence-electron chi connectivity index (χ2n) is 9.94. The Balaban J connectivity index is 1.35. The second-order valence-corrected chi connectivity index (χ2v) is 11.9. The lowest BCUT2D eigenvalue weighted by Crippen LogP contribution is -2.37. The summed E-state index contributed by atoms with van der Waals surface area (Å²) in [5.41, 5.74) is 1.01. The number of benzene rings is 2. The molecule has 0 radical (unpaired) electrons. The minimum Gasteiger partial charge on any atom is -0.454 e. The van der Waals surface area contributed by atoms with E-state index in [9.17, 15) is 13.2 Å². The smallest absolute Gasteiger partial charge is 0.234 e. The number of hydrogen-bond acceptors (Lipinski definition) is 7. The molecule has 4 rings (SSSR count). The van der Waals surface area contributed by atoms with Crippen LogP contribution in [0, 0.1) is 0 Å². The van der Waals surface area contributed by atoms with E-state index in [2.05, 4.69) is 29.0 Å². The fourth-order valence-electron chi connectivity index (χ4n) is 5.04. The molecule has 0 bridgehead atoms. The van der Waals surface area contributed by atoms with Gasteiger partial charge < -0.3 is 19.7 Å². The van der Waals surface area contributed by atoms with E-state index in [0.29, 0.717) is 22.9 Å². The molecular formula is C28H39N3O5S. The van der Waals surface area contributed by atoms with Crippen LogP contribution in [0.1, 0.15) is 45.1 Å². The van der Waals surface area contributed by atoms with E-state index < -0.39 is 9.84 Å². The van der Waals surface area contributed by atoms with Gasteiger partial charge in [-0.15, -0.1) is 0 Å². The summed E-state index contributed by atoms with van der Waals surface area (Å²) in [6.07, 6.45) is 4.98. The molecule has 1 saturated heterocycles. The van der Waals surface area contributed by atoms with Crippen molar-refractivity contribution in [1.29, 1.82) is 0 Å². The third-order valence-corrected chi connectivity index (χ3v) is 8.79. The Morgan fingerprint density at radius 1 is 1.05 bits per heavy atom. The van der Waals surface area contributed by atoms with Crippen LogP contribution < -0.4 is 14.8 Å². The molecule has 1 N–H and O–H groups in total. The number of amides is 1. The molecular weight excluding hydrogens is 490 g/mol. The summed E-state index contributed by atoms with van der Waals surface area (Å²) in [6.45, 7) is 9.70. The quantitative estimate of drug-likeness (QED) is 0.421. The van der Waals surface area contributed by atoms with Crippen LogP contribution in [0.4, 0.5) is 0 Å². The number of rotatable bonds is 12. The molecule has 202 valence electrons. The summed E-state index contributed by atoms with van der Waals surface area (Å²) < 4.78 is 37.3. The number of unbranched alkanes of at least 4 members (excludes halogenated alkanes) is 1. The predicted molar refractivity (Wildman–Crippen MR) is 143 cm³/mol. The summed E-state index contributed by atoms with van der Waals surface area (Å²) in [5.74, 6) is 1.15. The topological polar surface area (TPSA) is 88.2 Å². The van der Waals surface area contributed by atoms with Gasteiger partial charge in [0, 0.05) is 25.2 Å². The van der Waals surface area contributed by atoms with E-state index in [-0.39, 0.29) is 23.6 Å². The van der Waals surface area contributed by atoms with Crippen LogP contribution in [0.5, 0.6) is 11.5 Å². The van der Waals surface area contributed by atoms with Crippen LogP contribution in [0.25, 0.3) is 0 Å². The van der Waals surface area contributed by atoms with E-state index in [1.165, 1.54) is 6.07 Å². The molecule has 0 aromatic heterocycles. The van der Waals surface area contributed by atoms with Gasteiger partial charge in [0.25, 0.3) is 0 Å². The second kappa shape index (κ2) is 12.8. The van der Waals surface area contributed by atoms with Gasteiger partial charge in [0.2, 0.25) is 22.5 Å². The van der Waals surface area contributed by atoms with Crippen LogP contribution in [-0.2, 0) is 21.1 Å². The Morgan fingerprint density at radius 2 is 1.86 bits per heavy atom. The van der Waals surface area contributed by atoms with Gasteiger partial charge in [-0.05, 0) is 88.5 Å². The molecule has 1 amide bonds. The van der Waals surface area contributed by atoms with Gasteiger partial charge in [0.15, 0.2) is 11.5 Å². The minimum absolute atomic E-state index is 0.107. The van der Waals surface area contributed by atoms with Gasteiger partial charge in [-0.2, -0.15) is 0 Å². The summed E-state index contributed by atoms with van der Waals surface area (Å²) in [7, 11) is -3.67. The first-order valence-electron chi connectivity index (χ1n) is 13.3. The summed E-state index contributed by atoms with van der Waals surface area (Å²) in [5, 5.41) is 2.93. The molecule has 9 heteroatoms. The molecule has 37 heavy (non-hydrogen) atoms. The van der Waals surface area contributed by atoms with Gasteiger partial charge in [-0.3, -0.25) is 9.69 Å². The van der Waals surface area contributed by atoms with Gasteiger partial charge in [0.05, 0.1) is 16.3 Å². The summed E-state index contributed by atoms with van der Waals surface area (Å²) >= 11 is 0. The highest BCUT2D eigenvalue weighted by atomic mass is 32.2. The number of carbonyl (C=O) groups is 1. The predicted octanol–water partition coefficient (Wildman–Crippen LogP) is 3.49. The Labute approximate surface area is 220 Å². The first kappa shape index (κ1) is 27.4. The monoisotopic (exact) mass is 529 g/mol. The molecule has 2 heterocycles. The van der Waals surface area contributed by atoms with Crippen molar-refractivity contribution >= 4 is 15.7 Å². The van der Waals surface area contributed by atoms with E-state index in [4.69, 9.17) is 9.47 Å². The Morgan fingerprint density at radius 3 is 2.70 bits per heavy atom.